The fourth-order valence-corrected chi connectivity index (χ4v) is 5.12. The van der Waals surface area contributed by atoms with E-state index in [0.29, 0.717) is 35.5 Å². The maximum atomic E-state index is 13.8. The van der Waals surface area contributed by atoms with E-state index in [9.17, 15) is 9.59 Å². The molecule has 2 aromatic heterocycles. The van der Waals surface area contributed by atoms with Crippen LogP contribution in [0.2, 0.25) is 0 Å². The quantitative estimate of drug-likeness (QED) is 0.220. The number of fused-ring (bicyclic) bond motifs is 5. The number of benzene rings is 1. The molecule has 1 aromatic carbocycles. The van der Waals surface area contributed by atoms with Crippen LogP contribution in [0.15, 0.2) is 40.3 Å². The lowest BCUT2D eigenvalue weighted by Crippen LogP contribution is -2.49. The molecule has 0 aliphatic carbocycles. The number of oxime groups is 1. The van der Waals surface area contributed by atoms with Gasteiger partial charge >= 0.3 is 5.97 Å². The first-order valence-corrected chi connectivity index (χ1v) is 12.6. The molecule has 0 radical (unpaired) electrons. The van der Waals surface area contributed by atoms with E-state index < -0.39 is 22.8 Å². The number of para-hydroxylation sites is 1. The van der Waals surface area contributed by atoms with Crippen molar-refractivity contribution in [1.82, 2.24) is 9.55 Å². The molecule has 8 heteroatoms. The largest absolute Gasteiger partial charge is 0.458 e. The van der Waals surface area contributed by atoms with Crippen LogP contribution in [-0.4, -0.2) is 32.9 Å². The molecule has 0 spiro atoms. The zero-order valence-corrected chi connectivity index (χ0v) is 22.5. The maximum absolute atomic E-state index is 13.8. The predicted octanol–water partition coefficient (Wildman–Crippen LogP) is 5.05. The van der Waals surface area contributed by atoms with Crippen molar-refractivity contribution >= 4 is 23.1 Å². The van der Waals surface area contributed by atoms with Gasteiger partial charge in [-0.1, -0.05) is 30.3 Å². The van der Waals surface area contributed by atoms with Gasteiger partial charge in [0.1, 0.15) is 12.2 Å². The van der Waals surface area contributed by atoms with Gasteiger partial charge in [-0.05, 0) is 60.1 Å². The van der Waals surface area contributed by atoms with Gasteiger partial charge in [0.2, 0.25) is 0 Å². The maximum Gasteiger partial charge on any atom is 0.343 e. The Kier molecular flexibility index (Phi) is 5.79. The van der Waals surface area contributed by atoms with Crippen molar-refractivity contribution in [2.75, 3.05) is 0 Å². The van der Waals surface area contributed by atoms with E-state index in [2.05, 4.69) is 5.16 Å². The summed E-state index contributed by atoms with van der Waals surface area (Å²) in [5.41, 5.74) is 2.21. The van der Waals surface area contributed by atoms with Gasteiger partial charge in [-0.3, -0.25) is 4.79 Å². The molecule has 0 amide bonds. The molecule has 3 aromatic rings. The van der Waals surface area contributed by atoms with Crippen molar-refractivity contribution in [3.8, 4) is 11.4 Å². The normalized spacial score (nSPS) is 19.1. The zero-order valence-electron chi connectivity index (χ0n) is 22.5. The van der Waals surface area contributed by atoms with Crippen LogP contribution in [0.5, 0.6) is 0 Å². The molecule has 37 heavy (non-hydrogen) atoms. The number of hydrogen-bond acceptors (Lipinski definition) is 7. The third-order valence-corrected chi connectivity index (χ3v) is 6.60. The van der Waals surface area contributed by atoms with E-state index in [1.807, 2.05) is 78.8 Å². The highest BCUT2D eigenvalue weighted by atomic mass is 16.6. The van der Waals surface area contributed by atoms with Crippen LogP contribution < -0.4 is 5.56 Å². The summed E-state index contributed by atoms with van der Waals surface area (Å²) in [4.78, 5) is 37.6. The van der Waals surface area contributed by atoms with Gasteiger partial charge in [-0.2, -0.15) is 0 Å². The van der Waals surface area contributed by atoms with Crippen molar-refractivity contribution in [2.45, 2.75) is 84.8 Å². The second-order valence-corrected chi connectivity index (χ2v) is 11.6. The number of esters is 1. The fraction of sp³-hybridized carbons (Fsp3) is 0.448. The number of carbonyl (C=O) groups excluding carboxylic acids is 1. The lowest BCUT2D eigenvalue weighted by molar-refractivity contribution is -0.200. The van der Waals surface area contributed by atoms with Crippen molar-refractivity contribution < 1.29 is 19.1 Å². The van der Waals surface area contributed by atoms with Gasteiger partial charge in [-0.25, -0.2) is 9.78 Å². The van der Waals surface area contributed by atoms with E-state index in [1.54, 1.807) is 10.8 Å². The Morgan fingerprint density at radius 3 is 2.51 bits per heavy atom. The SMILES string of the molecule is CC[C@@]1(OC(C)(C)C)C(=O)OCc2c1cc1n(c2=O)Cc2c-1nc1ccccc1c2/C=N/OC(C)(C)C. The number of aromatic nitrogens is 2. The minimum absolute atomic E-state index is 0.0813. The zero-order chi connectivity index (χ0) is 26.8. The Labute approximate surface area is 216 Å². The van der Waals surface area contributed by atoms with Gasteiger partial charge in [-0.15, -0.1) is 0 Å². The Bertz CT molecular complexity index is 1510. The Balaban J connectivity index is 1.75. The highest BCUT2D eigenvalue weighted by Crippen LogP contribution is 2.43. The molecule has 0 bridgehead atoms. The van der Waals surface area contributed by atoms with E-state index in [4.69, 9.17) is 19.3 Å². The lowest BCUT2D eigenvalue weighted by Gasteiger charge is -2.40. The number of nitrogens with zero attached hydrogens (tertiary/aromatic N) is 3. The number of ether oxygens (including phenoxy) is 2. The smallest absolute Gasteiger partial charge is 0.343 e. The van der Waals surface area contributed by atoms with Crippen LogP contribution in [0.25, 0.3) is 22.3 Å². The van der Waals surface area contributed by atoms with E-state index in [1.165, 1.54) is 0 Å². The first-order chi connectivity index (χ1) is 17.3. The molecule has 194 valence electrons. The van der Waals surface area contributed by atoms with Crippen molar-refractivity contribution in [3.63, 3.8) is 0 Å². The average Bonchev–Trinajstić information content (AvgIpc) is 3.18. The molecule has 0 N–H and O–H groups in total. The van der Waals surface area contributed by atoms with E-state index in [-0.39, 0.29) is 12.2 Å². The van der Waals surface area contributed by atoms with Crippen LogP contribution in [-0.2, 0) is 37.9 Å². The summed E-state index contributed by atoms with van der Waals surface area (Å²) in [5, 5.41) is 5.19. The van der Waals surface area contributed by atoms with E-state index >= 15 is 0 Å². The number of carbonyl (C=O) groups is 1. The number of hydrogen-bond donors (Lipinski definition) is 0. The fourth-order valence-electron chi connectivity index (χ4n) is 5.12. The minimum atomic E-state index is -1.37. The molecular formula is C29H33N3O5. The summed E-state index contributed by atoms with van der Waals surface area (Å²) in [6.07, 6.45) is 2.04. The van der Waals surface area contributed by atoms with E-state index in [0.717, 1.165) is 22.0 Å². The van der Waals surface area contributed by atoms with Crippen molar-refractivity contribution in [1.29, 1.82) is 0 Å². The van der Waals surface area contributed by atoms with Crippen LogP contribution in [0.3, 0.4) is 0 Å². The molecule has 2 aliphatic rings. The highest BCUT2D eigenvalue weighted by Gasteiger charge is 2.50. The first kappa shape index (κ1) is 25.1. The predicted molar refractivity (Wildman–Crippen MR) is 142 cm³/mol. The summed E-state index contributed by atoms with van der Waals surface area (Å²) in [6.45, 7) is 13.6. The minimum Gasteiger partial charge on any atom is -0.458 e. The molecule has 0 saturated heterocycles. The standard InChI is InChI=1S/C29H33N3O5/c1-8-29(36-27(2,3)4)21-13-23-24-19(15-32(23)25(33)20(21)16-35-26(29)34)18(14-30-37-28(5,6)7)17-11-9-10-12-22(17)31-24/h9-14H,8,15-16H2,1-7H3/b30-14+/t29-/m0/s1. The molecule has 1 atom stereocenters. The van der Waals surface area contributed by atoms with Crippen LogP contribution in [0, 0.1) is 0 Å². The van der Waals surface area contributed by atoms with Gasteiger partial charge in [0.15, 0.2) is 5.60 Å². The molecule has 2 aliphatic heterocycles. The molecule has 0 fully saturated rings. The second kappa shape index (κ2) is 8.52. The molecule has 8 nitrogen and oxygen atoms in total. The summed E-state index contributed by atoms with van der Waals surface area (Å²) in [5.74, 6) is -0.474. The first-order valence-electron chi connectivity index (χ1n) is 12.6. The van der Waals surface area contributed by atoms with Crippen LogP contribution in [0.1, 0.15) is 77.1 Å². The monoisotopic (exact) mass is 503 g/mol. The van der Waals surface area contributed by atoms with Crippen molar-refractivity contribution in [2.24, 2.45) is 5.16 Å². The van der Waals surface area contributed by atoms with Gasteiger partial charge in [0, 0.05) is 22.1 Å². The molecule has 0 unspecified atom stereocenters. The van der Waals surface area contributed by atoms with Gasteiger partial charge in [0.05, 0.1) is 40.8 Å². The Morgan fingerprint density at radius 1 is 1.11 bits per heavy atom. The van der Waals surface area contributed by atoms with Gasteiger partial charge in [0.25, 0.3) is 5.56 Å². The molecule has 0 saturated carbocycles. The van der Waals surface area contributed by atoms with Gasteiger partial charge < -0.3 is 18.9 Å². The second-order valence-electron chi connectivity index (χ2n) is 11.6. The topological polar surface area (TPSA) is 92.0 Å². The Hall–Kier alpha value is -3.52. The molecular weight excluding hydrogens is 470 g/mol. The number of cyclic esters (lactones) is 1. The van der Waals surface area contributed by atoms with Crippen LogP contribution >= 0.6 is 0 Å². The summed E-state index contributed by atoms with van der Waals surface area (Å²) in [6, 6.07) is 9.70. The number of pyridine rings is 2. The lowest BCUT2D eigenvalue weighted by atomic mass is 9.84. The van der Waals surface area contributed by atoms with Crippen LogP contribution in [0.4, 0.5) is 0 Å². The summed E-state index contributed by atoms with van der Waals surface area (Å²) < 4.78 is 13.6. The van der Waals surface area contributed by atoms with Crippen molar-refractivity contribution in [3.05, 3.63) is 62.9 Å². The molecule has 4 heterocycles. The highest BCUT2D eigenvalue weighted by molar-refractivity contribution is 6.02. The third-order valence-electron chi connectivity index (χ3n) is 6.60. The third kappa shape index (κ3) is 4.23. The molecule has 5 rings (SSSR count). The summed E-state index contributed by atoms with van der Waals surface area (Å²) >= 11 is 0. The Morgan fingerprint density at radius 2 is 1.84 bits per heavy atom. The number of rotatable bonds is 4. The average molecular weight is 504 g/mol. The summed E-state index contributed by atoms with van der Waals surface area (Å²) in [7, 11) is 0.